The van der Waals surface area contributed by atoms with E-state index >= 15 is 0 Å². The van der Waals surface area contributed by atoms with Crippen LogP contribution < -0.4 is 10.7 Å². The van der Waals surface area contributed by atoms with Gasteiger partial charge in [-0.05, 0) is 42.3 Å². The van der Waals surface area contributed by atoms with Crippen molar-refractivity contribution in [1.82, 2.24) is 4.57 Å². The first kappa shape index (κ1) is 17.8. The third-order valence-corrected chi connectivity index (χ3v) is 4.99. The maximum atomic E-state index is 12.8. The number of anilines is 1. The van der Waals surface area contributed by atoms with E-state index in [9.17, 15) is 22.8 Å². The van der Waals surface area contributed by atoms with Gasteiger partial charge in [-0.2, -0.15) is 13.2 Å². The Labute approximate surface area is 159 Å². The number of amides is 1. The van der Waals surface area contributed by atoms with Crippen LogP contribution in [-0.4, -0.2) is 10.5 Å². The zero-order valence-electron chi connectivity index (χ0n) is 13.7. The first-order valence-electron chi connectivity index (χ1n) is 8.08. The molecule has 4 rings (SSSR count). The molecule has 1 aliphatic heterocycles. The molecule has 0 atom stereocenters. The van der Waals surface area contributed by atoms with E-state index in [0.717, 1.165) is 34.1 Å². The summed E-state index contributed by atoms with van der Waals surface area (Å²) in [7, 11) is 0. The van der Waals surface area contributed by atoms with Gasteiger partial charge in [-0.3, -0.25) is 9.59 Å². The average Bonchev–Trinajstić information content (AvgIpc) is 3.00. The van der Waals surface area contributed by atoms with Crippen LogP contribution >= 0.6 is 15.9 Å². The van der Waals surface area contributed by atoms with E-state index < -0.39 is 23.1 Å². The third-order valence-electron chi connectivity index (χ3n) is 4.53. The summed E-state index contributed by atoms with van der Waals surface area (Å²) in [6.45, 7) is 0.631. The number of halogens is 4. The van der Waals surface area contributed by atoms with Crippen LogP contribution in [0.3, 0.4) is 0 Å². The fraction of sp³-hybridized carbons (Fsp3) is 0.158. The first-order valence-corrected chi connectivity index (χ1v) is 8.87. The minimum Gasteiger partial charge on any atom is -0.346 e. The summed E-state index contributed by atoms with van der Waals surface area (Å²) >= 11 is 3.37. The van der Waals surface area contributed by atoms with Crippen molar-refractivity contribution in [2.75, 3.05) is 5.32 Å². The minimum atomic E-state index is -4.52. The zero-order valence-corrected chi connectivity index (χ0v) is 15.3. The third kappa shape index (κ3) is 3.14. The molecule has 0 fully saturated rings. The van der Waals surface area contributed by atoms with Crippen LogP contribution in [0.5, 0.6) is 0 Å². The molecule has 0 aliphatic carbocycles. The Bertz CT molecular complexity index is 1150. The summed E-state index contributed by atoms with van der Waals surface area (Å²) in [5.41, 5.74) is 0.356. The van der Waals surface area contributed by atoms with Gasteiger partial charge in [-0.1, -0.05) is 22.0 Å². The highest BCUT2D eigenvalue weighted by Gasteiger charge is 2.30. The van der Waals surface area contributed by atoms with Crippen molar-refractivity contribution in [2.24, 2.45) is 0 Å². The normalized spacial score (nSPS) is 13.2. The van der Waals surface area contributed by atoms with Gasteiger partial charge in [0, 0.05) is 28.3 Å². The monoisotopic (exact) mass is 436 g/mol. The lowest BCUT2D eigenvalue weighted by Crippen LogP contribution is -2.23. The van der Waals surface area contributed by atoms with E-state index in [-0.39, 0.29) is 11.3 Å². The quantitative estimate of drug-likeness (QED) is 0.638. The molecule has 1 aromatic heterocycles. The number of alkyl halides is 3. The van der Waals surface area contributed by atoms with Gasteiger partial charge < -0.3 is 9.88 Å². The van der Waals surface area contributed by atoms with E-state index in [1.165, 1.54) is 18.3 Å². The van der Waals surface area contributed by atoms with Crippen LogP contribution in [0, 0.1) is 0 Å². The van der Waals surface area contributed by atoms with Gasteiger partial charge in [-0.15, -0.1) is 0 Å². The molecule has 8 heteroatoms. The maximum absolute atomic E-state index is 12.8. The van der Waals surface area contributed by atoms with Gasteiger partial charge in [0.2, 0.25) is 5.43 Å². The molecule has 0 radical (unpaired) electrons. The molecule has 1 N–H and O–H groups in total. The number of pyridine rings is 1. The minimum absolute atomic E-state index is 0.0225. The average molecular weight is 437 g/mol. The molecule has 4 nitrogen and oxygen atoms in total. The number of benzene rings is 2. The lowest BCUT2D eigenvalue weighted by molar-refractivity contribution is -0.137. The Morgan fingerprint density at radius 3 is 2.70 bits per heavy atom. The van der Waals surface area contributed by atoms with Crippen LogP contribution in [0.25, 0.3) is 10.9 Å². The highest BCUT2D eigenvalue weighted by molar-refractivity contribution is 9.10. The van der Waals surface area contributed by atoms with E-state index in [0.29, 0.717) is 11.9 Å². The largest absolute Gasteiger partial charge is 0.416 e. The number of hydrogen-bond acceptors (Lipinski definition) is 2. The van der Waals surface area contributed by atoms with Crippen molar-refractivity contribution in [3.63, 3.8) is 0 Å². The van der Waals surface area contributed by atoms with E-state index in [1.54, 1.807) is 6.07 Å². The molecular formula is C19H12BrF3N2O2. The predicted octanol–water partition coefficient (Wildman–Crippen LogP) is 4.59. The number of aryl methyl sites for hydroxylation is 2. The molecule has 27 heavy (non-hydrogen) atoms. The van der Waals surface area contributed by atoms with Crippen molar-refractivity contribution in [2.45, 2.75) is 19.1 Å². The number of nitrogens with one attached hydrogen (secondary N) is 1. The van der Waals surface area contributed by atoms with Gasteiger partial charge in [0.1, 0.15) is 5.56 Å². The Morgan fingerprint density at radius 2 is 1.96 bits per heavy atom. The molecule has 0 unspecified atom stereocenters. The second-order valence-corrected chi connectivity index (χ2v) is 7.22. The number of carbonyl (C=O) groups excluding carboxylic acids is 1. The Hall–Kier alpha value is -2.61. The molecule has 2 heterocycles. The SMILES string of the molecule is O=C(Nc1cccc(C(F)(F)F)c1)c1cn2c3c(cc(Br)cc3c1=O)CC2. The number of carbonyl (C=O) groups is 1. The zero-order chi connectivity index (χ0) is 19.3. The molecule has 1 amide bonds. The Kier molecular flexibility index (Phi) is 4.10. The van der Waals surface area contributed by atoms with Gasteiger partial charge in [0.25, 0.3) is 5.91 Å². The lowest BCUT2D eigenvalue weighted by atomic mass is 10.1. The number of aromatic nitrogens is 1. The smallest absolute Gasteiger partial charge is 0.346 e. The lowest BCUT2D eigenvalue weighted by Gasteiger charge is -2.11. The van der Waals surface area contributed by atoms with E-state index in [4.69, 9.17) is 0 Å². The van der Waals surface area contributed by atoms with Crippen molar-refractivity contribution in [3.8, 4) is 0 Å². The summed E-state index contributed by atoms with van der Waals surface area (Å²) in [5.74, 6) is -0.738. The van der Waals surface area contributed by atoms with Crippen LogP contribution in [-0.2, 0) is 19.1 Å². The molecule has 1 aliphatic rings. The molecule has 0 saturated heterocycles. The van der Waals surface area contributed by atoms with Gasteiger partial charge in [0.05, 0.1) is 11.1 Å². The molecule has 0 saturated carbocycles. The van der Waals surface area contributed by atoms with Crippen molar-refractivity contribution >= 4 is 38.4 Å². The standard InChI is InChI=1S/C19H12BrF3N2O2/c20-12-6-10-4-5-25-9-15(17(26)14(8-12)16(10)25)18(27)24-13-3-1-2-11(7-13)19(21,22)23/h1-3,6-9H,4-5H2,(H,24,27). The second kappa shape index (κ2) is 6.23. The molecular weight excluding hydrogens is 425 g/mol. The molecule has 0 spiro atoms. The van der Waals surface area contributed by atoms with Crippen molar-refractivity contribution in [1.29, 1.82) is 0 Å². The highest BCUT2D eigenvalue weighted by Crippen LogP contribution is 2.31. The summed E-state index contributed by atoms with van der Waals surface area (Å²) < 4.78 is 41.1. The molecule has 2 aromatic carbocycles. The predicted molar refractivity (Wildman–Crippen MR) is 99.0 cm³/mol. The first-order chi connectivity index (χ1) is 12.7. The number of nitrogens with zero attached hydrogens (tertiary/aromatic N) is 1. The fourth-order valence-electron chi connectivity index (χ4n) is 3.33. The van der Waals surface area contributed by atoms with Gasteiger partial charge in [-0.25, -0.2) is 0 Å². The summed E-state index contributed by atoms with van der Waals surface area (Å²) in [5, 5.41) is 2.81. The van der Waals surface area contributed by atoms with Gasteiger partial charge >= 0.3 is 6.18 Å². The number of hydrogen-bond donors (Lipinski definition) is 1. The maximum Gasteiger partial charge on any atom is 0.416 e. The summed E-state index contributed by atoms with van der Waals surface area (Å²) in [6.07, 6.45) is -2.30. The van der Waals surface area contributed by atoms with E-state index in [1.807, 2.05) is 10.6 Å². The molecule has 138 valence electrons. The second-order valence-electron chi connectivity index (χ2n) is 6.31. The summed E-state index contributed by atoms with van der Waals surface area (Å²) in [6, 6.07) is 7.90. The van der Waals surface area contributed by atoms with E-state index in [2.05, 4.69) is 21.2 Å². The van der Waals surface area contributed by atoms with Crippen LogP contribution in [0.4, 0.5) is 18.9 Å². The van der Waals surface area contributed by atoms with Crippen molar-refractivity contribution in [3.05, 3.63) is 74.0 Å². The Balaban J connectivity index is 1.75. The van der Waals surface area contributed by atoms with Crippen LogP contribution in [0.1, 0.15) is 21.5 Å². The molecule has 0 bridgehead atoms. The summed E-state index contributed by atoms with van der Waals surface area (Å²) in [4.78, 5) is 25.4. The fourth-order valence-corrected chi connectivity index (χ4v) is 3.84. The van der Waals surface area contributed by atoms with Crippen LogP contribution in [0.15, 0.2) is 51.9 Å². The number of rotatable bonds is 2. The molecule has 3 aromatic rings. The van der Waals surface area contributed by atoms with Gasteiger partial charge in [0.15, 0.2) is 0 Å². The van der Waals surface area contributed by atoms with Crippen LogP contribution in [0.2, 0.25) is 0 Å². The topological polar surface area (TPSA) is 51.1 Å². The highest BCUT2D eigenvalue weighted by atomic mass is 79.9. The van der Waals surface area contributed by atoms with Crippen molar-refractivity contribution < 1.29 is 18.0 Å². The Morgan fingerprint density at radius 1 is 1.19 bits per heavy atom.